The van der Waals surface area contributed by atoms with Crippen LogP contribution in [0, 0.1) is 19.3 Å². The Morgan fingerprint density at radius 1 is 1.24 bits per heavy atom. The van der Waals surface area contributed by atoms with Gasteiger partial charge in [-0.05, 0) is 50.3 Å². The predicted molar refractivity (Wildman–Crippen MR) is 131 cm³/mol. The number of carbonyl (C=O) groups is 2. The van der Waals surface area contributed by atoms with Gasteiger partial charge in [0.25, 0.3) is 5.91 Å². The van der Waals surface area contributed by atoms with Crippen LogP contribution in [0.2, 0.25) is 0 Å². The standard InChI is InChI=1S/C24H33N7O2/c1-4-27-22-19(12-25)21(30-18-7-9-31(10-8-18)24(26)33)20(14-28-22)23(32)29-13-17-6-5-15(2)16(3)11-17/h5-6,11-12,14,18,25H,4,7-10,13H2,1-3H3,(H2,26,33)(H,29,32)(H2,27,28,30). The summed E-state index contributed by atoms with van der Waals surface area (Å²) in [5.41, 5.74) is 10.3. The Morgan fingerprint density at radius 3 is 2.58 bits per heavy atom. The van der Waals surface area contributed by atoms with E-state index in [0.29, 0.717) is 61.7 Å². The number of carbonyl (C=O) groups excluding carboxylic acids is 2. The average Bonchev–Trinajstić information content (AvgIpc) is 2.80. The lowest BCUT2D eigenvalue weighted by Gasteiger charge is -2.32. The third kappa shape index (κ3) is 5.79. The van der Waals surface area contributed by atoms with E-state index < -0.39 is 6.03 Å². The van der Waals surface area contributed by atoms with Crippen molar-refractivity contribution in [1.82, 2.24) is 15.2 Å². The molecule has 1 aliphatic rings. The highest BCUT2D eigenvalue weighted by Gasteiger charge is 2.25. The van der Waals surface area contributed by atoms with E-state index in [9.17, 15) is 9.59 Å². The van der Waals surface area contributed by atoms with Crippen molar-refractivity contribution in [2.45, 2.75) is 46.2 Å². The molecule has 1 saturated heterocycles. The zero-order chi connectivity index (χ0) is 24.0. The van der Waals surface area contributed by atoms with Crippen molar-refractivity contribution in [2.24, 2.45) is 5.73 Å². The third-order valence-corrected chi connectivity index (χ3v) is 6.03. The maximum absolute atomic E-state index is 13.2. The number of hydrogen-bond acceptors (Lipinski definition) is 6. The molecule has 1 aromatic carbocycles. The molecule has 0 aliphatic carbocycles. The van der Waals surface area contributed by atoms with Crippen molar-refractivity contribution in [3.8, 4) is 0 Å². The normalized spacial score (nSPS) is 14.0. The van der Waals surface area contributed by atoms with Gasteiger partial charge in [0.05, 0.1) is 16.8 Å². The van der Waals surface area contributed by atoms with Crippen molar-refractivity contribution < 1.29 is 9.59 Å². The molecule has 33 heavy (non-hydrogen) atoms. The molecular formula is C24H33N7O2. The molecule has 3 amide bonds. The summed E-state index contributed by atoms with van der Waals surface area (Å²) in [4.78, 5) is 30.6. The number of hydrogen-bond donors (Lipinski definition) is 5. The molecule has 3 rings (SSSR count). The van der Waals surface area contributed by atoms with Crippen molar-refractivity contribution in [1.29, 1.82) is 5.41 Å². The molecule has 0 radical (unpaired) electrons. The number of piperidine rings is 1. The van der Waals surface area contributed by atoms with Gasteiger partial charge in [-0.15, -0.1) is 0 Å². The number of pyridine rings is 1. The van der Waals surface area contributed by atoms with Gasteiger partial charge in [-0.25, -0.2) is 9.78 Å². The van der Waals surface area contributed by atoms with Crippen molar-refractivity contribution in [3.63, 3.8) is 0 Å². The molecule has 6 N–H and O–H groups in total. The minimum Gasteiger partial charge on any atom is -0.381 e. The molecule has 0 unspecified atom stereocenters. The first-order valence-corrected chi connectivity index (χ1v) is 11.3. The summed E-state index contributed by atoms with van der Waals surface area (Å²) >= 11 is 0. The number of aromatic nitrogens is 1. The molecular weight excluding hydrogens is 418 g/mol. The van der Waals surface area contributed by atoms with Crippen LogP contribution in [0.3, 0.4) is 0 Å². The maximum atomic E-state index is 13.2. The summed E-state index contributed by atoms with van der Waals surface area (Å²) in [6, 6.07) is 5.74. The van der Waals surface area contributed by atoms with Gasteiger partial charge in [0.15, 0.2) is 0 Å². The van der Waals surface area contributed by atoms with E-state index in [0.717, 1.165) is 5.56 Å². The smallest absolute Gasteiger partial charge is 0.314 e. The summed E-state index contributed by atoms with van der Waals surface area (Å²) in [6.45, 7) is 8.19. The van der Waals surface area contributed by atoms with Crippen LogP contribution in [0.5, 0.6) is 0 Å². The molecule has 1 aromatic heterocycles. The Bertz CT molecular complexity index is 1030. The Labute approximate surface area is 194 Å². The SMILES string of the molecule is CCNc1ncc(C(=O)NCc2ccc(C)c(C)c2)c(NC2CCN(C(N)=O)CC2)c1C=N. The van der Waals surface area contributed by atoms with E-state index in [1.807, 2.05) is 26.0 Å². The summed E-state index contributed by atoms with van der Waals surface area (Å²) in [6.07, 6.45) is 4.15. The fraction of sp³-hybridized carbons (Fsp3) is 0.417. The summed E-state index contributed by atoms with van der Waals surface area (Å²) in [7, 11) is 0. The maximum Gasteiger partial charge on any atom is 0.314 e. The van der Waals surface area contributed by atoms with E-state index >= 15 is 0 Å². The van der Waals surface area contributed by atoms with Crippen LogP contribution in [-0.2, 0) is 6.54 Å². The number of anilines is 2. The Kier molecular flexibility index (Phi) is 7.87. The van der Waals surface area contributed by atoms with Gasteiger partial charge in [0, 0.05) is 44.6 Å². The lowest BCUT2D eigenvalue weighted by molar-refractivity contribution is 0.0951. The lowest BCUT2D eigenvalue weighted by Crippen LogP contribution is -2.45. The summed E-state index contributed by atoms with van der Waals surface area (Å²) < 4.78 is 0. The van der Waals surface area contributed by atoms with Crippen LogP contribution >= 0.6 is 0 Å². The van der Waals surface area contributed by atoms with Gasteiger partial charge in [-0.3, -0.25) is 4.79 Å². The Hall–Kier alpha value is -3.62. The van der Waals surface area contributed by atoms with Crippen LogP contribution in [0.25, 0.3) is 0 Å². The number of rotatable bonds is 8. The van der Waals surface area contributed by atoms with Crippen LogP contribution < -0.4 is 21.7 Å². The van der Waals surface area contributed by atoms with Crippen LogP contribution in [0.1, 0.15) is 52.4 Å². The Balaban J connectivity index is 1.83. The summed E-state index contributed by atoms with van der Waals surface area (Å²) in [5.74, 6) is 0.291. The topological polar surface area (TPSA) is 136 Å². The molecule has 0 saturated carbocycles. The number of likely N-dealkylation sites (tertiary alicyclic amines) is 1. The molecule has 0 bridgehead atoms. The largest absolute Gasteiger partial charge is 0.381 e. The predicted octanol–water partition coefficient (Wildman–Crippen LogP) is 3.01. The molecule has 9 nitrogen and oxygen atoms in total. The molecule has 2 aromatic rings. The molecule has 176 valence electrons. The second-order valence-electron chi connectivity index (χ2n) is 8.33. The van der Waals surface area contributed by atoms with E-state index in [1.54, 1.807) is 11.1 Å². The quantitative estimate of drug-likeness (QED) is 0.393. The molecule has 1 fully saturated rings. The molecule has 1 aliphatic heterocycles. The van der Waals surface area contributed by atoms with Gasteiger partial charge in [-0.2, -0.15) is 0 Å². The number of nitrogens with two attached hydrogens (primary N) is 1. The fourth-order valence-electron chi connectivity index (χ4n) is 3.94. The second kappa shape index (κ2) is 10.8. The van der Waals surface area contributed by atoms with Gasteiger partial charge in [-0.1, -0.05) is 18.2 Å². The molecule has 2 heterocycles. The van der Waals surface area contributed by atoms with E-state index in [4.69, 9.17) is 11.1 Å². The lowest BCUT2D eigenvalue weighted by atomic mass is 10.0. The summed E-state index contributed by atoms with van der Waals surface area (Å²) in [5, 5.41) is 17.6. The number of amides is 3. The number of benzene rings is 1. The fourth-order valence-corrected chi connectivity index (χ4v) is 3.94. The first kappa shape index (κ1) is 24.0. The van der Waals surface area contributed by atoms with Gasteiger partial charge in [0.1, 0.15) is 5.82 Å². The van der Waals surface area contributed by atoms with Crippen LogP contribution in [-0.4, -0.2) is 53.7 Å². The number of urea groups is 1. The zero-order valence-corrected chi connectivity index (χ0v) is 19.5. The van der Waals surface area contributed by atoms with E-state index in [-0.39, 0.29) is 11.9 Å². The number of nitrogens with zero attached hydrogens (tertiary/aromatic N) is 2. The minimum absolute atomic E-state index is 0.0440. The average molecular weight is 452 g/mol. The highest BCUT2D eigenvalue weighted by atomic mass is 16.2. The molecule has 0 spiro atoms. The number of aryl methyl sites for hydroxylation is 2. The Morgan fingerprint density at radius 2 is 1.97 bits per heavy atom. The third-order valence-electron chi connectivity index (χ3n) is 6.03. The molecule has 9 heteroatoms. The highest BCUT2D eigenvalue weighted by molar-refractivity contribution is 6.05. The van der Waals surface area contributed by atoms with Gasteiger partial charge in [0.2, 0.25) is 0 Å². The first-order chi connectivity index (χ1) is 15.8. The van der Waals surface area contributed by atoms with Crippen molar-refractivity contribution in [3.05, 3.63) is 52.2 Å². The molecule has 0 atom stereocenters. The van der Waals surface area contributed by atoms with Gasteiger partial charge >= 0.3 is 6.03 Å². The van der Waals surface area contributed by atoms with E-state index in [1.165, 1.54) is 17.3 Å². The monoisotopic (exact) mass is 451 g/mol. The van der Waals surface area contributed by atoms with E-state index in [2.05, 4.69) is 33.9 Å². The van der Waals surface area contributed by atoms with Crippen molar-refractivity contribution >= 4 is 29.7 Å². The van der Waals surface area contributed by atoms with Crippen LogP contribution in [0.4, 0.5) is 16.3 Å². The number of nitrogens with one attached hydrogen (secondary N) is 4. The second-order valence-corrected chi connectivity index (χ2v) is 8.33. The number of primary amides is 1. The minimum atomic E-state index is -0.418. The highest BCUT2D eigenvalue weighted by Crippen LogP contribution is 2.28. The van der Waals surface area contributed by atoms with Crippen LogP contribution in [0.15, 0.2) is 24.4 Å². The zero-order valence-electron chi connectivity index (χ0n) is 19.5. The van der Waals surface area contributed by atoms with Gasteiger partial charge < -0.3 is 32.0 Å². The van der Waals surface area contributed by atoms with Crippen molar-refractivity contribution in [2.75, 3.05) is 30.3 Å². The first-order valence-electron chi connectivity index (χ1n) is 11.3.